The molecule has 0 aliphatic carbocycles. The lowest BCUT2D eigenvalue weighted by Crippen LogP contribution is -2.27. The van der Waals surface area contributed by atoms with Crippen molar-refractivity contribution in [2.45, 2.75) is 38.1 Å². The molecule has 8 heteroatoms. The molecule has 2 aromatic heterocycles. The maximum absolute atomic E-state index is 12.3. The van der Waals surface area contributed by atoms with Gasteiger partial charge >= 0.3 is 0 Å². The summed E-state index contributed by atoms with van der Waals surface area (Å²) in [6.45, 7) is 6.86. The van der Waals surface area contributed by atoms with Gasteiger partial charge in [0, 0.05) is 24.0 Å². The van der Waals surface area contributed by atoms with E-state index in [1.807, 2.05) is 23.6 Å². The summed E-state index contributed by atoms with van der Waals surface area (Å²) in [5.74, 6) is 1.79. The van der Waals surface area contributed by atoms with E-state index in [-0.39, 0.29) is 5.91 Å². The first-order valence-electron chi connectivity index (χ1n) is 10.9. The summed E-state index contributed by atoms with van der Waals surface area (Å²) >= 11 is 3.07. The average Bonchev–Trinajstić information content (AvgIpc) is 3.44. The van der Waals surface area contributed by atoms with E-state index in [0.717, 1.165) is 21.7 Å². The minimum Gasteiger partial charge on any atom is -0.350 e. The number of benzene rings is 2. The van der Waals surface area contributed by atoms with Crippen LogP contribution in [-0.4, -0.2) is 32.2 Å². The second kappa shape index (κ2) is 10.8. The quantitative estimate of drug-likeness (QED) is 0.331. The van der Waals surface area contributed by atoms with Crippen molar-refractivity contribution >= 4 is 29.0 Å². The van der Waals surface area contributed by atoms with Crippen molar-refractivity contribution in [2.75, 3.05) is 6.54 Å². The lowest BCUT2D eigenvalue weighted by atomic mass is 10.1. The summed E-state index contributed by atoms with van der Waals surface area (Å²) in [5.41, 5.74) is 3.90. The first kappa shape index (κ1) is 23.2. The van der Waals surface area contributed by atoms with E-state index in [9.17, 15) is 4.79 Å². The standard InChI is InChI=1S/C25H27N5OS2/c1-17(2)14-26-24(31)21-15-32-23(27-21)16-33-25-29-28-22(13-19-7-5-4-6-8-19)30(25)20-11-9-18(3)10-12-20/h4-12,15,17H,13-14,16H2,1-3H3,(H,26,31). The molecule has 0 aliphatic rings. The first-order valence-corrected chi connectivity index (χ1v) is 12.8. The number of aryl methyl sites for hydroxylation is 1. The Morgan fingerprint density at radius 1 is 1.09 bits per heavy atom. The van der Waals surface area contributed by atoms with Crippen LogP contribution >= 0.6 is 23.1 Å². The van der Waals surface area contributed by atoms with E-state index in [1.165, 1.54) is 22.5 Å². The normalized spacial score (nSPS) is 11.2. The van der Waals surface area contributed by atoms with Gasteiger partial charge in [0.25, 0.3) is 5.91 Å². The van der Waals surface area contributed by atoms with Crippen LogP contribution in [0.4, 0.5) is 0 Å². The van der Waals surface area contributed by atoms with Crippen LogP contribution in [0, 0.1) is 12.8 Å². The van der Waals surface area contributed by atoms with Crippen LogP contribution in [0.3, 0.4) is 0 Å². The Hall–Kier alpha value is -2.97. The van der Waals surface area contributed by atoms with Crippen molar-refractivity contribution in [3.8, 4) is 5.69 Å². The third kappa shape index (κ3) is 6.09. The number of nitrogens with one attached hydrogen (secondary N) is 1. The molecule has 1 amide bonds. The zero-order valence-corrected chi connectivity index (χ0v) is 20.6. The molecule has 0 radical (unpaired) electrons. The molecular weight excluding hydrogens is 450 g/mol. The summed E-state index contributed by atoms with van der Waals surface area (Å²) in [4.78, 5) is 16.8. The Kier molecular flexibility index (Phi) is 7.57. The Morgan fingerprint density at radius 2 is 1.85 bits per heavy atom. The SMILES string of the molecule is Cc1ccc(-n2c(Cc3ccccc3)nnc2SCc2nc(C(=O)NCC(C)C)cs2)cc1. The van der Waals surface area contributed by atoms with Gasteiger partial charge in [0.05, 0.1) is 5.75 Å². The Labute approximate surface area is 202 Å². The molecule has 0 spiro atoms. The molecule has 2 aromatic carbocycles. The largest absolute Gasteiger partial charge is 0.350 e. The van der Waals surface area contributed by atoms with E-state index in [4.69, 9.17) is 0 Å². The third-order valence-electron chi connectivity index (χ3n) is 4.98. The Bertz CT molecular complexity index is 1200. The van der Waals surface area contributed by atoms with Gasteiger partial charge in [-0.25, -0.2) is 4.98 Å². The summed E-state index contributed by atoms with van der Waals surface area (Å²) in [7, 11) is 0. The Morgan fingerprint density at radius 3 is 2.58 bits per heavy atom. The molecule has 33 heavy (non-hydrogen) atoms. The third-order valence-corrected chi connectivity index (χ3v) is 6.95. The van der Waals surface area contributed by atoms with Crippen LogP contribution in [0.25, 0.3) is 5.69 Å². The van der Waals surface area contributed by atoms with Crippen LogP contribution in [0.2, 0.25) is 0 Å². The van der Waals surface area contributed by atoms with Gasteiger partial charge in [0.1, 0.15) is 16.5 Å². The van der Waals surface area contributed by atoms with Crippen molar-refractivity contribution in [3.05, 3.63) is 87.6 Å². The number of aromatic nitrogens is 4. The highest BCUT2D eigenvalue weighted by Gasteiger charge is 2.17. The lowest BCUT2D eigenvalue weighted by molar-refractivity contribution is 0.0944. The van der Waals surface area contributed by atoms with Gasteiger partial charge < -0.3 is 5.32 Å². The second-order valence-electron chi connectivity index (χ2n) is 8.25. The van der Waals surface area contributed by atoms with E-state index in [1.54, 1.807) is 11.8 Å². The van der Waals surface area contributed by atoms with E-state index < -0.39 is 0 Å². The summed E-state index contributed by atoms with van der Waals surface area (Å²) < 4.78 is 2.11. The minimum atomic E-state index is -0.121. The number of rotatable bonds is 9. The predicted molar refractivity (Wildman–Crippen MR) is 134 cm³/mol. The van der Waals surface area contributed by atoms with Gasteiger partial charge in [-0.1, -0.05) is 73.6 Å². The molecule has 0 saturated carbocycles. The van der Waals surface area contributed by atoms with Crippen molar-refractivity contribution in [1.82, 2.24) is 25.1 Å². The summed E-state index contributed by atoms with van der Waals surface area (Å²) in [5, 5.41) is 15.4. The fourth-order valence-corrected chi connectivity index (χ4v) is 5.00. The van der Waals surface area contributed by atoms with Crippen LogP contribution in [0.1, 0.15) is 46.3 Å². The van der Waals surface area contributed by atoms with E-state index >= 15 is 0 Å². The fraction of sp³-hybridized carbons (Fsp3) is 0.280. The number of nitrogens with zero attached hydrogens (tertiary/aromatic N) is 4. The molecule has 6 nitrogen and oxygen atoms in total. The highest BCUT2D eigenvalue weighted by atomic mass is 32.2. The van der Waals surface area contributed by atoms with Crippen LogP contribution < -0.4 is 5.32 Å². The molecule has 170 valence electrons. The van der Waals surface area contributed by atoms with Gasteiger partial charge in [-0.3, -0.25) is 9.36 Å². The minimum absolute atomic E-state index is 0.121. The summed E-state index contributed by atoms with van der Waals surface area (Å²) in [6.07, 6.45) is 0.694. The molecule has 4 aromatic rings. The van der Waals surface area contributed by atoms with Gasteiger partial charge in [-0.2, -0.15) is 0 Å². The van der Waals surface area contributed by atoms with Crippen LogP contribution in [0.5, 0.6) is 0 Å². The summed E-state index contributed by atoms with van der Waals surface area (Å²) in [6, 6.07) is 18.7. The predicted octanol–water partition coefficient (Wildman–Crippen LogP) is 5.30. The maximum atomic E-state index is 12.3. The first-order chi connectivity index (χ1) is 16.0. The fourth-order valence-electron chi connectivity index (χ4n) is 3.24. The van der Waals surface area contributed by atoms with Crippen molar-refractivity contribution in [1.29, 1.82) is 0 Å². The van der Waals surface area contributed by atoms with Gasteiger partial charge in [-0.05, 0) is 30.5 Å². The van der Waals surface area contributed by atoms with Gasteiger partial charge in [-0.15, -0.1) is 21.5 Å². The number of carbonyl (C=O) groups excluding carboxylic acids is 1. The van der Waals surface area contributed by atoms with Crippen LogP contribution in [0.15, 0.2) is 65.1 Å². The Balaban J connectivity index is 1.53. The van der Waals surface area contributed by atoms with Crippen molar-refractivity contribution in [2.24, 2.45) is 5.92 Å². The molecule has 1 N–H and O–H groups in total. The van der Waals surface area contributed by atoms with E-state index in [0.29, 0.717) is 30.3 Å². The molecule has 0 aliphatic heterocycles. The second-order valence-corrected chi connectivity index (χ2v) is 10.1. The smallest absolute Gasteiger partial charge is 0.270 e. The number of hydrogen-bond acceptors (Lipinski definition) is 6. The molecule has 4 rings (SSSR count). The number of thioether (sulfide) groups is 1. The van der Waals surface area contributed by atoms with Crippen molar-refractivity contribution in [3.63, 3.8) is 0 Å². The number of hydrogen-bond donors (Lipinski definition) is 1. The molecule has 0 atom stereocenters. The number of carbonyl (C=O) groups is 1. The van der Waals surface area contributed by atoms with Crippen molar-refractivity contribution < 1.29 is 4.79 Å². The molecular formula is C25H27N5OS2. The molecule has 0 fully saturated rings. The number of amides is 1. The number of thiazole rings is 1. The molecule has 2 heterocycles. The molecule has 0 saturated heterocycles. The molecule has 0 unspecified atom stereocenters. The zero-order chi connectivity index (χ0) is 23.2. The highest BCUT2D eigenvalue weighted by molar-refractivity contribution is 7.98. The average molecular weight is 478 g/mol. The maximum Gasteiger partial charge on any atom is 0.270 e. The van der Waals surface area contributed by atoms with E-state index in [2.05, 4.69) is 82.2 Å². The topological polar surface area (TPSA) is 72.7 Å². The molecule has 0 bridgehead atoms. The highest BCUT2D eigenvalue weighted by Crippen LogP contribution is 2.27. The van der Waals surface area contributed by atoms with Gasteiger partial charge in [0.2, 0.25) is 0 Å². The monoisotopic (exact) mass is 477 g/mol. The van der Waals surface area contributed by atoms with Gasteiger partial charge in [0.15, 0.2) is 5.16 Å². The zero-order valence-electron chi connectivity index (χ0n) is 19.0. The van der Waals surface area contributed by atoms with Crippen LogP contribution in [-0.2, 0) is 12.2 Å². The lowest BCUT2D eigenvalue weighted by Gasteiger charge is -2.10.